The minimum Gasteiger partial charge on any atom is -0.481 e. The molecule has 1 amide bonds. The summed E-state index contributed by atoms with van der Waals surface area (Å²) in [4.78, 5) is 38.8. The Balaban J connectivity index is 1.62. The second kappa shape index (κ2) is 7.50. The van der Waals surface area contributed by atoms with Crippen molar-refractivity contribution in [3.05, 3.63) is 16.0 Å². The van der Waals surface area contributed by atoms with E-state index >= 15 is 0 Å². The number of thiophene rings is 1. The van der Waals surface area contributed by atoms with Crippen LogP contribution in [0.4, 0.5) is 5.00 Å². The third-order valence-corrected chi connectivity index (χ3v) is 7.67. The van der Waals surface area contributed by atoms with Crippen molar-refractivity contribution in [3.63, 3.8) is 0 Å². The van der Waals surface area contributed by atoms with E-state index in [9.17, 15) is 19.5 Å². The molecule has 4 rings (SSSR count). The summed E-state index contributed by atoms with van der Waals surface area (Å²) in [5.74, 6) is -2.42. The van der Waals surface area contributed by atoms with Crippen LogP contribution in [0.25, 0.3) is 0 Å². The quantitative estimate of drug-likeness (QED) is 0.725. The maximum Gasteiger partial charge on any atom is 0.341 e. The van der Waals surface area contributed by atoms with Crippen LogP contribution in [0.15, 0.2) is 0 Å². The molecular weight excluding hydrogens is 378 g/mol. The lowest BCUT2D eigenvalue weighted by molar-refractivity contribution is -0.148. The summed E-state index contributed by atoms with van der Waals surface area (Å²) >= 11 is 1.45. The van der Waals surface area contributed by atoms with Gasteiger partial charge in [-0.05, 0) is 76.2 Å². The second-order valence-corrected chi connectivity index (χ2v) is 9.69. The molecule has 1 aromatic rings. The summed E-state index contributed by atoms with van der Waals surface area (Å²) in [6.07, 6.45) is 6.20. The Morgan fingerprint density at radius 1 is 1.11 bits per heavy atom. The summed E-state index contributed by atoms with van der Waals surface area (Å²) in [6.45, 7) is 3.61. The first-order valence-electron chi connectivity index (χ1n) is 10.3. The highest BCUT2D eigenvalue weighted by Gasteiger charge is 2.54. The van der Waals surface area contributed by atoms with Crippen LogP contribution < -0.4 is 5.32 Å². The molecule has 4 atom stereocenters. The van der Waals surface area contributed by atoms with Gasteiger partial charge in [-0.1, -0.05) is 0 Å². The normalized spacial score (nSPS) is 28.2. The van der Waals surface area contributed by atoms with E-state index in [-0.39, 0.29) is 23.8 Å². The number of aliphatic carboxylic acids is 1. The summed E-state index contributed by atoms with van der Waals surface area (Å²) in [5.41, 5.74) is 1.48. The number of fused-ring (bicyclic) bond motifs is 3. The molecule has 1 heterocycles. The smallest absolute Gasteiger partial charge is 0.341 e. The van der Waals surface area contributed by atoms with Crippen LogP contribution in [-0.4, -0.2) is 29.1 Å². The van der Waals surface area contributed by atoms with Crippen molar-refractivity contribution in [1.82, 2.24) is 0 Å². The zero-order valence-electron chi connectivity index (χ0n) is 16.3. The van der Waals surface area contributed by atoms with Gasteiger partial charge in [0, 0.05) is 4.88 Å². The van der Waals surface area contributed by atoms with Gasteiger partial charge in [0.15, 0.2) is 0 Å². The molecule has 28 heavy (non-hydrogen) atoms. The van der Waals surface area contributed by atoms with Crippen LogP contribution in [0.3, 0.4) is 0 Å². The predicted molar refractivity (Wildman–Crippen MR) is 106 cm³/mol. The lowest BCUT2D eigenvalue weighted by Gasteiger charge is -2.27. The minimum atomic E-state index is -0.878. The van der Waals surface area contributed by atoms with Gasteiger partial charge in [0.25, 0.3) is 0 Å². The molecule has 6 nitrogen and oxygen atoms in total. The van der Waals surface area contributed by atoms with Crippen LogP contribution in [-0.2, 0) is 27.2 Å². The third kappa shape index (κ3) is 3.34. The Morgan fingerprint density at radius 2 is 1.79 bits per heavy atom. The number of carboxylic acid groups (broad SMARTS) is 1. The number of hydrogen-bond donors (Lipinski definition) is 2. The van der Waals surface area contributed by atoms with E-state index in [2.05, 4.69) is 5.32 Å². The van der Waals surface area contributed by atoms with Gasteiger partial charge in [-0.2, -0.15) is 0 Å². The Morgan fingerprint density at radius 3 is 2.46 bits per heavy atom. The number of aryl methyl sites for hydroxylation is 1. The van der Waals surface area contributed by atoms with E-state index in [1.54, 1.807) is 0 Å². The maximum atomic E-state index is 13.1. The van der Waals surface area contributed by atoms with Crippen molar-refractivity contribution in [2.75, 3.05) is 5.32 Å². The number of hydrogen-bond acceptors (Lipinski definition) is 5. The van der Waals surface area contributed by atoms with E-state index < -0.39 is 23.8 Å². The van der Waals surface area contributed by atoms with Crippen molar-refractivity contribution in [2.45, 2.75) is 64.9 Å². The van der Waals surface area contributed by atoms with Gasteiger partial charge < -0.3 is 15.2 Å². The van der Waals surface area contributed by atoms with Gasteiger partial charge >= 0.3 is 11.9 Å². The monoisotopic (exact) mass is 405 g/mol. The lowest BCUT2D eigenvalue weighted by atomic mass is 9.78. The van der Waals surface area contributed by atoms with Gasteiger partial charge in [0.05, 0.1) is 23.5 Å². The van der Waals surface area contributed by atoms with E-state index in [0.29, 0.717) is 10.6 Å². The SMILES string of the molecule is CC(C)OC(=O)c1c(NC(=O)[C@@H]2[C@H]3CC[C@@H](C3)[C@@H]2C(=O)O)sc2c1CCCC2. The largest absolute Gasteiger partial charge is 0.481 e. The fourth-order valence-electron chi connectivity index (χ4n) is 5.36. The third-order valence-electron chi connectivity index (χ3n) is 6.46. The number of anilines is 1. The summed E-state index contributed by atoms with van der Waals surface area (Å²) in [5, 5.41) is 13.1. The van der Waals surface area contributed by atoms with Gasteiger partial charge in [0.1, 0.15) is 5.00 Å². The topological polar surface area (TPSA) is 92.7 Å². The molecule has 0 saturated heterocycles. The highest BCUT2D eigenvalue weighted by Crippen LogP contribution is 2.53. The summed E-state index contributed by atoms with van der Waals surface area (Å²) in [6, 6.07) is 0. The number of amides is 1. The first-order valence-corrected chi connectivity index (χ1v) is 11.1. The summed E-state index contributed by atoms with van der Waals surface area (Å²) in [7, 11) is 0. The van der Waals surface area contributed by atoms with E-state index in [0.717, 1.165) is 55.4 Å². The van der Waals surface area contributed by atoms with Gasteiger partial charge in [-0.15, -0.1) is 11.3 Å². The number of carboxylic acids is 1. The zero-order chi connectivity index (χ0) is 20.0. The minimum absolute atomic E-state index is 0.0974. The molecule has 0 radical (unpaired) electrons. The molecule has 0 unspecified atom stereocenters. The van der Waals surface area contributed by atoms with E-state index in [1.807, 2.05) is 13.8 Å². The van der Waals surface area contributed by atoms with Crippen molar-refractivity contribution < 1.29 is 24.2 Å². The molecule has 0 aromatic carbocycles. The van der Waals surface area contributed by atoms with E-state index in [4.69, 9.17) is 4.74 Å². The molecular formula is C21H27NO5S. The van der Waals surface area contributed by atoms with Crippen LogP contribution >= 0.6 is 11.3 Å². The highest BCUT2D eigenvalue weighted by molar-refractivity contribution is 7.17. The molecule has 1 aromatic heterocycles. The molecule has 152 valence electrons. The lowest BCUT2D eigenvalue weighted by Crippen LogP contribution is -2.38. The molecule has 2 saturated carbocycles. The summed E-state index contributed by atoms with van der Waals surface area (Å²) < 4.78 is 5.44. The highest BCUT2D eigenvalue weighted by atomic mass is 32.1. The van der Waals surface area contributed by atoms with Crippen LogP contribution in [0.5, 0.6) is 0 Å². The Labute approximate surface area is 168 Å². The molecule has 7 heteroatoms. The number of carbonyl (C=O) groups is 3. The molecule has 2 bridgehead atoms. The number of rotatable bonds is 5. The van der Waals surface area contributed by atoms with Crippen LogP contribution in [0.1, 0.15) is 66.8 Å². The van der Waals surface area contributed by atoms with Crippen LogP contribution in [0.2, 0.25) is 0 Å². The number of esters is 1. The molecule has 2 N–H and O–H groups in total. The Bertz CT molecular complexity index is 814. The van der Waals surface area contributed by atoms with Crippen LogP contribution in [0, 0.1) is 23.7 Å². The average Bonchev–Trinajstić information content (AvgIpc) is 3.32. The van der Waals surface area contributed by atoms with Crippen molar-refractivity contribution in [2.24, 2.45) is 23.7 Å². The zero-order valence-corrected chi connectivity index (χ0v) is 17.1. The first kappa shape index (κ1) is 19.4. The Hall–Kier alpha value is -1.89. The molecule has 3 aliphatic rings. The van der Waals surface area contributed by atoms with Gasteiger partial charge in [-0.25, -0.2) is 4.79 Å². The molecule has 0 spiro atoms. The number of nitrogens with one attached hydrogen (secondary N) is 1. The fourth-order valence-corrected chi connectivity index (χ4v) is 6.64. The standard InChI is InChI=1S/C21H27NO5S/c1-10(2)27-21(26)17-13-5-3-4-6-14(13)28-19(17)22-18(23)15-11-7-8-12(9-11)16(15)20(24)25/h10-12,15-16H,3-9H2,1-2H3,(H,22,23)(H,24,25)/t11-,12-,15+,16-/m0/s1. The number of carbonyl (C=O) groups excluding carboxylic acids is 2. The molecule has 3 aliphatic carbocycles. The maximum absolute atomic E-state index is 13.1. The van der Waals surface area contributed by atoms with Crippen molar-refractivity contribution in [1.29, 1.82) is 0 Å². The second-order valence-electron chi connectivity index (χ2n) is 8.58. The van der Waals surface area contributed by atoms with E-state index in [1.165, 1.54) is 11.3 Å². The Kier molecular flexibility index (Phi) is 5.21. The fraction of sp³-hybridized carbons (Fsp3) is 0.667. The molecule has 2 fully saturated rings. The number of ether oxygens (including phenoxy) is 1. The predicted octanol–water partition coefficient (Wildman–Crippen LogP) is 3.88. The first-order chi connectivity index (χ1) is 13.4. The molecule has 0 aliphatic heterocycles. The average molecular weight is 406 g/mol. The van der Waals surface area contributed by atoms with Gasteiger partial charge in [-0.3, -0.25) is 9.59 Å². The van der Waals surface area contributed by atoms with Crippen molar-refractivity contribution >= 4 is 34.2 Å². The van der Waals surface area contributed by atoms with Gasteiger partial charge in [0.2, 0.25) is 5.91 Å². The van der Waals surface area contributed by atoms with Crippen molar-refractivity contribution in [3.8, 4) is 0 Å².